The first kappa shape index (κ1) is 11.6. The summed E-state index contributed by atoms with van der Waals surface area (Å²) in [7, 11) is 1.78. The number of thioether (sulfide) groups is 1. The molecule has 0 unspecified atom stereocenters. The molecule has 2 aromatic heterocycles. The summed E-state index contributed by atoms with van der Waals surface area (Å²) < 4.78 is 3.31. The Morgan fingerprint density at radius 3 is 3.00 bits per heavy atom. The molecule has 0 saturated carbocycles. The minimum Gasteiger partial charge on any atom is -0.481 e. The second-order valence-electron chi connectivity index (χ2n) is 3.26. The van der Waals surface area contributed by atoms with Gasteiger partial charge in [-0.1, -0.05) is 11.8 Å². The molecule has 0 fully saturated rings. The summed E-state index contributed by atoms with van der Waals surface area (Å²) in [5, 5.41) is 20.8. The highest BCUT2D eigenvalue weighted by molar-refractivity contribution is 7.99. The molecule has 2 heterocycles. The van der Waals surface area contributed by atoms with Crippen molar-refractivity contribution in [2.45, 2.75) is 11.7 Å². The van der Waals surface area contributed by atoms with Gasteiger partial charge in [-0.05, 0) is 0 Å². The highest BCUT2D eigenvalue weighted by Gasteiger charge is 2.09. The molecule has 0 aromatic carbocycles. The van der Waals surface area contributed by atoms with E-state index in [2.05, 4.69) is 20.3 Å². The lowest BCUT2D eigenvalue weighted by molar-refractivity contribution is -0.133. The summed E-state index contributed by atoms with van der Waals surface area (Å²) in [6.07, 6.45) is 3.13. The predicted molar refractivity (Wildman–Crippen MR) is 58.5 cm³/mol. The zero-order chi connectivity index (χ0) is 12.3. The van der Waals surface area contributed by atoms with E-state index >= 15 is 0 Å². The Kier molecular flexibility index (Phi) is 3.38. The van der Waals surface area contributed by atoms with Crippen LogP contribution in [0.15, 0.2) is 17.8 Å². The van der Waals surface area contributed by atoms with Crippen LogP contribution in [0.5, 0.6) is 0 Å². The minimum absolute atomic E-state index is 0.0473. The number of aliphatic carboxylic acids is 1. The SMILES string of the molecule is Cn1cnc(Cn2cnnc2SCC(=O)O)n1. The van der Waals surface area contributed by atoms with Gasteiger partial charge in [0.2, 0.25) is 0 Å². The van der Waals surface area contributed by atoms with Crippen molar-refractivity contribution in [1.29, 1.82) is 0 Å². The zero-order valence-corrected chi connectivity index (χ0v) is 9.83. The average Bonchev–Trinajstić information content (AvgIpc) is 2.86. The first-order chi connectivity index (χ1) is 8.15. The van der Waals surface area contributed by atoms with Crippen molar-refractivity contribution in [3.8, 4) is 0 Å². The van der Waals surface area contributed by atoms with Crippen molar-refractivity contribution in [1.82, 2.24) is 29.5 Å². The van der Waals surface area contributed by atoms with Crippen LogP contribution in [-0.4, -0.2) is 46.4 Å². The van der Waals surface area contributed by atoms with Crippen molar-refractivity contribution >= 4 is 17.7 Å². The number of carbonyl (C=O) groups is 1. The topological polar surface area (TPSA) is 98.7 Å². The third kappa shape index (κ3) is 3.03. The number of aromatic nitrogens is 6. The fraction of sp³-hybridized carbons (Fsp3) is 0.375. The maximum Gasteiger partial charge on any atom is 0.313 e. The fourth-order valence-electron chi connectivity index (χ4n) is 1.20. The van der Waals surface area contributed by atoms with E-state index in [9.17, 15) is 4.79 Å². The molecular formula is C8H10N6O2S. The van der Waals surface area contributed by atoms with Gasteiger partial charge in [0.1, 0.15) is 12.7 Å². The van der Waals surface area contributed by atoms with Gasteiger partial charge in [-0.25, -0.2) is 4.98 Å². The third-order valence-corrected chi connectivity index (χ3v) is 2.83. The smallest absolute Gasteiger partial charge is 0.313 e. The maximum atomic E-state index is 10.5. The quantitative estimate of drug-likeness (QED) is 0.727. The lowest BCUT2D eigenvalue weighted by atomic mass is 10.6. The standard InChI is InChI=1S/C8H10N6O2S/c1-13-4-9-6(12-13)2-14-5-10-11-8(14)17-3-7(15)16/h4-5H,2-3H2,1H3,(H,15,16). The summed E-state index contributed by atoms with van der Waals surface area (Å²) in [6, 6.07) is 0. The lowest BCUT2D eigenvalue weighted by Gasteiger charge is -2.01. The van der Waals surface area contributed by atoms with Gasteiger partial charge in [0.15, 0.2) is 11.0 Å². The molecule has 1 N–H and O–H groups in total. The fourth-order valence-corrected chi connectivity index (χ4v) is 1.83. The third-order valence-electron chi connectivity index (χ3n) is 1.86. The van der Waals surface area contributed by atoms with Gasteiger partial charge in [-0.3, -0.25) is 9.48 Å². The van der Waals surface area contributed by atoms with Crippen LogP contribution in [0.1, 0.15) is 5.82 Å². The van der Waals surface area contributed by atoms with Gasteiger partial charge in [-0.15, -0.1) is 10.2 Å². The van der Waals surface area contributed by atoms with Crippen molar-refractivity contribution in [3.63, 3.8) is 0 Å². The van der Waals surface area contributed by atoms with Crippen molar-refractivity contribution in [2.75, 3.05) is 5.75 Å². The molecule has 0 aliphatic heterocycles. The van der Waals surface area contributed by atoms with E-state index in [1.54, 1.807) is 22.6 Å². The largest absolute Gasteiger partial charge is 0.481 e. The molecule has 0 aliphatic carbocycles. The van der Waals surface area contributed by atoms with Crippen LogP contribution in [0.4, 0.5) is 0 Å². The molecule has 17 heavy (non-hydrogen) atoms. The number of aryl methyl sites for hydroxylation is 1. The van der Waals surface area contributed by atoms with Crippen LogP contribution < -0.4 is 0 Å². The molecular weight excluding hydrogens is 244 g/mol. The van der Waals surface area contributed by atoms with Crippen molar-refractivity contribution in [3.05, 3.63) is 18.5 Å². The molecule has 0 aliphatic rings. The monoisotopic (exact) mass is 254 g/mol. The van der Waals surface area contributed by atoms with E-state index in [1.165, 1.54) is 6.33 Å². The molecule has 0 bridgehead atoms. The Morgan fingerprint density at radius 1 is 1.53 bits per heavy atom. The van der Waals surface area contributed by atoms with Crippen molar-refractivity contribution < 1.29 is 9.90 Å². The lowest BCUT2D eigenvalue weighted by Crippen LogP contribution is -2.05. The molecule has 2 rings (SSSR count). The number of hydrogen-bond acceptors (Lipinski definition) is 6. The Balaban J connectivity index is 2.06. The molecule has 0 radical (unpaired) electrons. The van der Waals surface area contributed by atoms with Gasteiger partial charge in [0, 0.05) is 7.05 Å². The van der Waals surface area contributed by atoms with Gasteiger partial charge in [0.05, 0.1) is 12.3 Å². The summed E-state index contributed by atoms with van der Waals surface area (Å²) in [5.41, 5.74) is 0. The Bertz CT molecular complexity index is 522. The van der Waals surface area contributed by atoms with Crippen LogP contribution in [-0.2, 0) is 18.4 Å². The van der Waals surface area contributed by atoms with E-state index in [4.69, 9.17) is 5.11 Å². The van der Waals surface area contributed by atoms with Gasteiger partial charge >= 0.3 is 5.97 Å². The number of hydrogen-bond donors (Lipinski definition) is 1. The Labute approximate surface area is 101 Å². The highest BCUT2D eigenvalue weighted by Crippen LogP contribution is 2.14. The zero-order valence-electron chi connectivity index (χ0n) is 9.02. The predicted octanol–water partition coefficient (Wildman–Crippen LogP) is -0.368. The summed E-state index contributed by atoms with van der Waals surface area (Å²) >= 11 is 1.12. The second-order valence-corrected chi connectivity index (χ2v) is 4.20. The van der Waals surface area contributed by atoms with Crippen molar-refractivity contribution in [2.24, 2.45) is 7.05 Å². The molecule has 0 saturated heterocycles. The molecule has 2 aromatic rings. The van der Waals surface area contributed by atoms with Crippen LogP contribution in [0.2, 0.25) is 0 Å². The van der Waals surface area contributed by atoms with E-state index in [-0.39, 0.29) is 5.75 Å². The normalized spacial score (nSPS) is 10.6. The van der Waals surface area contributed by atoms with Crippen LogP contribution in [0, 0.1) is 0 Å². The number of carboxylic acids is 1. The van der Waals surface area contributed by atoms with Gasteiger partial charge in [-0.2, -0.15) is 5.10 Å². The number of rotatable bonds is 5. The van der Waals surface area contributed by atoms with Crippen LogP contribution >= 0.6 is 11.8 Å². The molecule has 0 spiro atoms. The molecule has 0 amide bonds. The van der Waals surface area contributed by atoms with E-state index in [0.29, 0.717) is 17.5 Å². The van der Waals surface area contributed by atoms with E-state index in [0.717, 1.165) is 11.8 Å². The Morgan fingerprint density at radius 2 is 2.35 bits per heavy atom. The second kappa shape index (κ2) is 4.95. The van der Waals surface area contributed by atoms with Gasteiger partial charge < -0.3 is 9.67 Å². The number of nitrogens with zero attached hydrogens (tertiary/aromatic N) is 6. The van der Waals surface area contributed by atoms with Crippen LogP contribution in [0.3, 0.4) is 0 Å². The van der Waals surface area contributed by atoms with E-state index in [1.807, 2.05) is 0 Å². The summed E-state index contributed by atoms with van der Waals surface area (Å²) in [6.45, 7) is 0.426. The Hall–Kier alpha value is -1.90. The molecule has 90 valence electrons. The van der Waals surface area contributed by atoms with Gasteiger partial charge in [0.25, 0.3) is 0 Å². The number of carboxylic acid groups (broad SMARTS) is 1. The van der Waals surface area contributed by atoms with Crippen LogP contribution in [0.25, 0.3) is 0 Å². The summed E-state index contributed by atoms with van der Waals surface area (Å²) in [5.74, 6) is -0.307. The first-order valence-corrected chi connectivity index (χ1v) is 5.70. The highest BCUT2D eigenvalue weighted by atomic mass is 32.2. The molecule has 0 atom stereocenters. The minimum atomic E-state index is -0.888. The summed E-state index contributed by atoms with van der Waals surface area (Å²) in [4.78, 5) is 14.5. The average molecular weight is 254 g/mol. The molecule has 8 nitrogen and oxygen atoms in total. The first-order valence-electron chi connectivity index (χ1n) is 4.72. The molecule has 9 heteroatoms. The maximum absolute atomic E-state index is 10.5. The van der Waals surface area contributed by atoms with E-state index < -0.39 is 5.97 Å².